The summed E-state index contributed by atoms with van der Waals surface area (Å²) >= 11 is 0. The van der Waals surface area contributed by atoms with Crippen LogP contribution in [0.2, 0.25) is 0 Å². The van der Waals surface area contributed by atoms with Crippen molar-refractivity contribution >= 4 is 0 Å². The van der Waals surface area contributed by atoms with E-state index < -0.39 is 0 Å². The number of hydrogen-bond donors (Lipinski definition) is 1. The molecule has 1 aromatic rings. The van der Waals surface area contributed by atoms with E-state index in [1.165, 1.54) is 61.2 Å². The van der Waals surface area contributed by atoms with Gasteiger partial charge in [-0.05, 0) is 82.8 Å². The first-order valence-electron chi connectivity index (χ1n) is 8.53. The molecule has 2 rings (SSSR count). The fourth-order valence-electron chi connectivity index (χ4n) is 3.55. The molecule has 1 saturated heterocycles. The van der Waals surface area contributed by atoms with Crippen molar-refractivity contribution < 1.29 is 0 Å². The van der Waals surface area contributed by atoms with Gasteiger partial charge in [-0.25, -0.2) is 0 Å². The van der Waals surface area contributed by atoms with Crippen molar-refractivity contribution in [2.45, 2.75) is 66.0 Å². The maximum atomic E-state index is 3.79. The topological polar surface area (TPSA) is 15.3 Å². The molecule has 2 atom stereocenters. The summed E-state index contributed by atoms with van der Waals surface area (Å²) in [6, 6.07) is 5.64. The molecule has 1 aliphatic rings. The number of piperidine rings is 1. The molecule has 0 aliphatic carbocycles. The Morgan fingerprint density at radius 3 is 2.24 bits per heavy atom. The van der Waals surface area contributed by atoms with E-state index in [9.17, 15) is 0 Å². The summed E-state index contributed by atoms with van der Waals surface area (Å²) in [4.78, 5) is 2.61. The number of benzene rings is 1. The van der Waals surface area contributed by atoms with E-state index in [1.807, 2.05) is 0 Å². The summed E-state index contributed by atoms with van der Waals surface area (Å²) in [5.74, 6) is 0. The molecule has 1 N–H and O–H groups in total. The summed E-state index contributed by atoms with van der Waals surface area (Å²) < 4.78 is 0. The van der Waals surface area contributed by atoms with Gasteiger partial charge in [0.1, 0.15) is 0 Å². The van der Waals surface area contributed by atoms with E-state index in [0.29, 0.717) is 12.1 Å². The second kappa shape index (κ2) is 7.42. The smallest absolute Gasteiger partial charge is 0.0297 e. The minimum Gasteiger partial charge on any atom is -0.306 e. The summed E-state index contributed by atoms with van der Waals surface area (Å²) in [6.45, 7) is 15.0. The largest absolute Gasteiger partial charge is 0.306 e. The van der Waals surface area contributed by atoms with Crippen LogP contribution in [-0.2, 0) is 0 Å². The second-order valence-corrected chi connectivity index (χ2v) is 6.94. The molecule has 0 aromatic heterocycles. The van der Waals surface area contributed by atoms with Gasteiger partial charge < -0.3 is 10.2 Å². The molecule has 2 nitrogen and oxygen atoms in total. The van der Waals surface area contributed by atoms with E-state index in [0.717, 1.165) is 0 Å². The van der Waals surface area contributed by atoms with Gasteiger partial charge in [-0.15, -0.1) is 0 Å². The summed E-state index contributed by atoms with van der Waals surface area (Å²) in [5, 5.41) is 3.79. The van der Waals surface area contributed by atoms with E-state index in [-0.39, 0.29) is 0 Å². The van der Waals surface area contributed by atoms with Gasteiger partial charge >= 0.3 is 0 Å². The van der Waals surface area contributed by atoms with Gasteiger partial charge in [-0.3, -0.25) is 0 Å². The van der Waals surface area contributed by atoms with Gasteiger partial charge in [-0.1, -0.05) is 18.6 Å². The molecule has 1 fully saturated rings. The Bertz CT molecular complexity index is 461. The van der Waals surface area contributed by atoms with E-state index in [4.69, 9.17) is 0 Å². The Kier molecular flexibility index (Phi) is 5.83. The Morgan fingerprint density at radius 2 is 1.57 bits per heavy atom. The molecular weight excluding hydrogens is 256 g/mol. The number of aryl methyl sites for hydroxylation is 3. The average molecular weight is 288 g/mol. The summed E-state index contributed by atoms with van der Waals surface area (Å²) in [7, 11) is 0. The SMILES string of the molecule is Cc1cc(C)c(C(C)NC(C)CN2CCCCC2)cc1C. The monoisotopic (exact) mass is 288 g/mol. The van der Waals surface area contributed by atoms with Crippen LogP contribution in [0, 0.1) is 20.8 Å². The molecule has 118 valence electrons. The zero-order valence-corrected chi connectivity index (χ0v) is 14.5. The van der Waals surface area contributed by atoms with Crippen LogP contribution in [0.4, 0.5) is 0 Å². The van der Waals surface area contributed by atoms with Crippen LogP contribution in [-0.4, -0.2) is 30.6 Å². The molecule has 0 radical (unpaired) electrons. The Hall–Kier alpha value is -0.860. The van der Waals surface area contributed by atoms with Crippen LogP contribution < -0.4 is 5.32 Å². The highest BCUT2D eigenvalue weighted by molar-refractivity contribution is 5.38. The molecule has 1 aromatic carbocycles. The maximum absolute atomic E-state index is 3.79. The van der Waals surface area contributed by atoms with Crippen molar-refractivity contribution in [2.75, 3.05) is 19.6 Å². The van der Waals surface area contributed by atoms with Gasteiger partial charge in [0.05, 0.1) is 0 Å². The minimum absolute atomic E-state index is 0.420. The van der Waals surface area contributed by atoms with Crippen LogP contribution in [0.25, 0.3) is 0 Å². The molecule has 21 heavy (non-hydrogen) atoms. The van der Waals surface area contributed by atoms with Crippen molar-refractivity contribution in [2.24, 2.45) is 0 Å². The second-order valence-electron chi connectivity index (χ2n) is 6.94. The van der Waals surface area contributed by atoms with Crippen molar-refractivity contribution in [3.05, 3.63) is 34.4 Å². The maximum Gasteiger partial charge on any atom is 0.0297 e. The highest BCUT2D eigenvalue weighted by atomic mass is 15.2. The third-order valence-electron chi connectivity index (χ3n) is 4.86. The fourth-order valence-corrected chi connectivity index (χ4v) is 3.55. The van der Waals surface area contributed by atoms with Crippen molar-refractivity contribution in [1.29, 1.82) is 0 Å². The van der Waals surface area contributed by atoms with Crippen molar-refractivity contribution in [3.8, 4) is 0 Å². The molecule has 0 spiro atoms. The standard InChI is InChI=1S/C19H32N2/c1-14-11-16(3)19(12-15(14)2)18(5)20-17(4)13-21-9-7-6-8-10-21/h11-12,17-18,20H,6-10,13H2,1-5H3. The lowest BCUT2D eigenvalue weighted by Gasteiger charge is -2.31. The quantitative estimate of drug-likeness (QED) is 0.876. The molecule has 1 heterocycles. The first-order chi connectivity index (χ1) is 9.97. The van der Waals surface area contributed by atoms with Gasteiger partial charge in [0.25, 0.3) is 0 Å². The van der Waals surface area contributed by atoms with Crippen LogP contribution in [0.15, 0.2) is 12.1 Å². The van der Waals surface area contributed by atoms with Crippen LogP contribution in [0.5, 0.6) is 0 Å². The Labute approximate surface area is 130 Å². The molecule has 1 aliphatic heterocycles. The van der Waals surface area contributed by atoms with Gasteiger partial charge in [0.2, 0.25) is 0 Å². The molecular formula is C19H32N2. The molecule has 2 heteroatoms. The summed E-state index contributed by atoms with van der Waals surface area (Å²) in [6.07, 6.45) is 4.16. The van der Waals surface area contributed by atoms with Crippen LogP contribution in [0.3, 0.4) is 0 Å². The fraction of sp³-hybridized carbons (Fsp3) is 0.684. The van der Waals surface area contributed by atoms with Gasteiger partial charge in [0.15, 0.2) is 0 Å². The number of hydrogen-bond acceptors (Lipinski definition) is 2. The molecule has 2 unspecified atom stereocenters. The summed E-state index contributed by atoms with van der Waals surface area (Å²) in [5.41, 5.74) is 5.64. The van der Waals surface area contributed by atoms with Gasteiger partial charge in [0, 0.05) is 18.6 Å². The molecule has 0 amide bonds. The average Bonchev–Trinajstić information content (AvgIpc) is 2.43. The highest BCUT2D eigenvalue weighted by Crippen LogP contribution is 2.22. The van der Waals surface area contributed by atoms with E-state index in [2.05, 4.69) is 57.0 Å². The lowest BCUT2D eigenvalue weighted by atomic mass is 9.96. The predicted molar refractivity (Wildman–Crippen MR) is 92.0 cm³/mol. The van der Waals surface area contributed by atoms with Crippen molar-refractivity contribution in [3.63, 3.8) is 0 Å². The minimum atomic E-state index is 0.420. The third-order valence-corrected chi connectivity index (χ3v) is 4.86. The zero-order valence-electron chi connectivity index (χ0n) is 14.5. The lowest BCUT2D eigenvalue weighted by molar-refractivity contribution is 0.205. The zero-order chi connectivity index (χ0) is 15.4. The van der Waals surface area contributed by atoms with Crippen LogP contribution in [0.1, 0.15) is 61.4 Å². The normalized spacial score (nSPS) is 19.5. The number of nitrogens with one attached hydrogen (secondary N) is 1. The van der Waals surface area contributed by atoms with Crippen LogP contribution >= 0.6 is 0 Å². The van der Waals surface area contributed by atoms with Crippen molar-refractivity contribution in [1.82, 2.24) is 10.2 Å². The highest BCUT2D eigenvalue weighted by Gasteiger charge is 2.16. The first-order valence-corrected chi connectivity index (χ1v) is 8.53. The third kappa shape index (κ3) is 4.55. The van der Waals surface area contributed by atoms with E-state index >= 15 is 0 Å². The van der Waals surface area contributed by atoms with Gasteiger partial charge in [-0.2, -0.15) is 0 Å². The Balaban J connectivity index is 1.93. The first kappa shape index (κ1) is 16.5. The molecule has 0 bridgehead atoms. The number of nitrogens with zero attached hydrogens (tertiary/aromatic N) is 1. The number of likely N-dealkylation sites (tertiary alicyclic amines) is 1. The molecule has 0 saturated carbocycles. The predicted octanol–water partition coefficient (Wildman–Crippen LogP) is 4.14. The lowest BCUT2D eigenvalue weighted by Crippen LogP contribution is -2.42. The Morgan fingerprint density at radius 1 is 0.952 bits per heavy atom. The number of rotatable bonds is 5. The van der Waals surface area contributed by atoms with E-state index in [1.54, 1.807) is 0 Å².